The van der Waals surface area contributed by atoms with E-state index in [1.54, 1.807) is 0 Å². The fraction of sp³-hybridized carbons (Fsp3) is 0.944. The highest BCUT2D eigenvalue weighted by atomic mass is 32.2. The van der Waals surface area contributed by atoms with Crippen LogP contribution in [0.15, 0.2) is 4.99 Å². The molecule has 3 fully saturated rings. The van der Waals surface area contributed by atoms with Crippen LogP contribution in [0.1, 0.15) is 58.8 Å². The van der Waals surface area contributed by atoms with Gasteiger partial charge in [0.2, 0.25) is 0 Å². The van der Waals surface area contributed by atoms with Crippen LogP contribution in [0.2, 0.25) is 0 Å². The fourth-order valence-electron chi connectivity index (χ4n) is 3.95. The molecule has 1 heterocycles. The van der Waals surface area contributed by atoms with Crippen molar-refractivity contribution >= 4 is 15.8 Å². The number of rotatable bonds is 5. The van der Waals surface area contributed by atoms with Gasteiger partial charge in [0.05, 0.1) is 11.5 Å². The van der Waals surface area contributed by atoms with E-state index < -0.39 is 9.84 Å². The van der Waals surface area contributed by atoms with Crippen molar-refractivity contribution in [2.75, 3.05) is 18.1 Å². The molecule has 1 aliphatic heterocycles. The van der Waals surface area contributed by atoms with Crippen molar-refractivity contribution in [3.63, 3.8) is 0 Å². The van der Waals surface area contributed by atoms with Crippen molar-refractivity contribution in [1.82, 2.24) is 10.6 Å². The van der Waals surface area contributed by atoms with Crippen LogP contribution < -0.4 is 10.6 Å². The van der Waals surface area contributed by atoms with E-state index >= 15 is 0 Å². The Morgan fingerprint density at radius 2 is 1.83 bits per heavy atom. The van der Waals surface area contributed by atoms with Gasteiger partial charge in [-0.2, -0.15) is 0 Å². The minimum absolute atomic E-state index is 0.197. The molecule has 0 radical (unpaired) electrons. The molecule has 5 nitrogen and oxygen atoms in total. The average molecular weight is 356 g/mol. The highest BCUT2D eigenvalue weighted by Crippen LogP contribution is 2.30. The summed E-state index contributed by atoms with van der Waals surface area (Å²) in [4.78, 5) is 4.75. The molecule has 0 amide bonds. The molecule has 2 aliphatic carbocycles. The van der Waals surface area contributed by atoms with Gasteiger partial charge in [0, 0.05) is 18.6 Å². The highest BCUT2D eigenvalue weighted by Gasteiger charge is 2.29. The lowest BCUT2D eigenvalue weighted by Gasteiger charge is -2.33. The first kappa shape index (κ1) is 18.0. The minimum atomic E-state index is -2.81. The maximum Gasteiger partial charge on any atom is 0.191 e. The summed E-state index contributed by atoms with van der Waals surface area (Å²) in [5.41, 5.74) is 0. The topological polar surface area (TPSA) is 70.6 Å². The Balaban J connectivity index is 1.56. The molecule has 2 saturated carbocycles. The van der Waals surface area contributed by atoms with Gasteiger partial charge >= 0.3 is 0 Å². The van der Waals surface area contributed by atoms with E-state index in [1.807, 2.05) is 0 Å². The second kappa shape index (κ2) is 7.63. The van der Waals surface area contributed by atoms with E-state index in [1.165, 1.54) is 38.5 Å². The smallest absolute Gasteiger partial charge is 0.191 e. The summed E-state index contributed by atoms with van der Waals surface area (Å²) in [6, 6.07) is 1.07. The van der Waals surface area contributed by atoms with E-state index in [0.29, 0.717) is 30.1 Å². The summed E-state index contributed by atoms with van der Waals surface area (Å²) in [5.74, 6) is 3.31. The normalized spacial score (nSPS) is 33.6. The van der Waals surface area contributed by atoms with Gasteiger partial charge in [0.1, 0.15) is 0 Å². The molecule has 3 rings (SSSR count). The SMILES string of the molecule is CC(C)C1CCCC(NC(=NCC2CCS(=O)(=O)C2)NC2CC2)C1. The molecule has 3 atom stereocenters. The molecule has 2 N–H and O–H groups in total. The van der Waals surface area contributed by atoms with Crippen LogP contribution in [0.5, 0.6) is 0 Å². The third-order valence-electron chi connectivity index (χ3n) is 5.75. The maximum atomic E-state index is 11.6. The molecule has 0 bridgehead atoms. The van der Waals surface area contributed by atoms with Gasteiger partial charge in [-0.25, -0.2) is 8.42 Å². The number of guanidine groups is 1. The van der Waals surface area contributed by atoms with Crippen LogP contribution >= 0.6 is 0 Å². The Labute approximate surface area is 147 Å². The molecule has 24 heavy (non-hydrogen) atoms. The zero-order valence-corrected chi connectivity index (χ0v) is 15.9. The molecule has 0 spiro atoms. The molecule has 3 aliphatic rings. The minimum Gasteiger partial charge on any atom is -0.354 e. The summed E-state index contributed by atoms with van der Waals surface area (Å²) < 4.78 is 23.2. The van der Waals surface area contributed by atoms with Gasteiger partial charge in [-0.15, -0.1) is 0 Å². The van der Waals surface area contributed by atoms with Gasteiger partial charge in [-0.3, -0.25) is 4.99 Å². The summed E-state index contributed by atoms with van der Waals surface area (Å²) in [5, 5.41) is 7.16. The van der Waals surface area contributed by atoms with Crippen LogP contribution in [0.4, 0.5) is 0 Å². The van der Waals surface area contributed by atoms with Gasteiger partial charge in [-0.05, 0) is 49.9 Å². The molecule has 138 valence electrons. The summed E-state index contributed by atoms with van der Waals surface area (Å²) in [6.07, 6.45) is 8.28. The molecule has 0 aromatic heterocycles. The predicted octanol–water partition coefficient (Wildman–Crippen LogP) is 2.33. The third kappa shape index (κ3) is 5.36. The first-order valence-corrected chi connectivity index (χ1v) is 11.5. The number of aliphatic imine (C=N–C) groups is 1. The van der Waals surface area contributed by atoms with Crippen LogP contribution in [-0.4, -0.2) is 44.5 Å². The van der Waals surface area contributed by atoms with Gasteiger partial charge in [-0.1, -0.05) is 26.7 Å². The van der Waals surface area contributed by atoms with Crippen molar-refractivity contribution in [2.24, 2.45) is 22.7 Å². The maximum absolute atomic E-state index is 11.6. The van der Waals surface area contributed by atoms with Gasteiger partial charge in [0.25, 0.3) is 0 Å². The second-order valence-corrected chi connectivity index (χ2v) is 10.6. The number of nitrogens with one attached hydrogen (secondary N) is 2. The van der Waals surface area contributed by atoms with E-state index in [0.717, 1.165) is 24.2 Å². The standard InChI is InChI=1S/C18H33N3O2S/c1-13(2)15-4-3-5-17(10-15)21-18(20-16-6-7-16)19-11-14-8-9-24(22,23)12-14/h13-17H,3-12H2,1-2H3,(H2,19,20,21). The fourth-order valence-corrected chi connectivity index (χ4v) is 5.80. The zero-order chi connectivity index (χ0) is 17.2. The summed E-state index contributed by atoms with van der Waals surface area (Å²) in [6.45, 7) is 5.28. The van der Waals surface area contributed by atoms with Crippen molar-refractivity contribution in [1.29, 1.82) is 0 Å². The third-order valence-corrected chi connectivity index (χ3v) is 7.59. The molecular formula is C18H33N3O2S. The lowest BCUT2D eigenvalue weighted by atomic mass is 9.79. The molecule has 0 aromatic rings. The Morgan fingerprint density at radius 1 is 1.08 bits per heavy atom. The average Bonchev–Trinajstić information content (AvgIpc) is 3.27. The predicted molar refractivity (Wildman–Crippen MR) is 98.9 cm³/mol. The molecule has 1 saturated heterocycles. The Bertz CT molecular complexity index is 555. The van der Waals surface area contributed by atoms with E-state index in [2.05, 4.69) is 24.5 Å². The Hall–Kier alpha value is -0.780. The van der Waals surface area contributed by atoms with E-state index in [4.69, 9.17) is 4.99 Å². The summed E-state index contributed by atoms with van der Waals surface area (Å²) in [7, 11) is -2.81. The monoisotopic (exact) mass is 355 g/mol. The van der Waals surface area contributed by atoms with Crippen LogP contribution in [0, 0.1) is 17.8 Å². The molecule has 3 unspecified atom stereocenters. The molecular weight excluding hydrogens is 322 g/mol. The van der Waals surface area contributed by atoms with E-state index in [9.17, 15) is 8.42 Å². The molecule has 6 heteroatoms. The van der Waals surface area contributed by atoms with Crippen LogP contribution in [0.25, 0.3) is 0 Å². The number of hydrogen-bond acceptors (Lipinski definition) is 3. The van der Waals surface area contributed by atoms with Crippen molar-refractivity contribution in [3.05, 3.63) is 0 Å². The van der Waals surface area contributed by atoms with Crippen molar-refractivity contribution in [2.45, 2.75) is 70.9 Å². The number of sulfone groups is 1. The first-order valence-electron chi connectivity index (χ1n) is 9.69. The first-order chi connectivity index (χ1) is 11.4. The summed E-state index contributed by atoms with van der Waals surface area (Å²) >= 11 is 0. The number of hydrogen-bond donors (Lipinski definition) is 2. The Morgan fingerprint density at radius 3 is 2.46 bits per heavy atom. The molecule has 0 aromatic carbocycles. The lowest BCUT2D eigenvalue weighted by Crippen LogP contribution is -2.46. The Kier molecular flexibility index (Phi) is 5.73. The van der Waals surface area contributed by atoms with Crippen LogP contribution in [0.3, 0.4) is 0 Å². The zero-order valence-electron chi connectivity index (χ0n) is 15.1. The van der Waals surface area contributed by atoms with Gasteiger partial charge in [0.15, 0.2) is 15.8 Å². The van der Waals surface area contributed by atoms with Crippen molar-refractivity contribution in [3.8, 4) is 0 Å². The quantitative estimate of drug-likeness (QED) is 0.586. The van der Waals surface area contributed by atoms with Gasteiger partial charge < -0.3 is 10.6 Å². The largest absolute Gasteiger partial charge is 0.354 e. The number of nitrogens with zero attached hydrogens (tertiary/aromatic N) is 1. The van der Waals surface area contributed by atoms with Crippen LogP contribution in [-0.2, 0) is 9.84 Å². The second-order valence-electron chi connectivity index (χ2n) is 8.39. The highest BCUT2D eigenvalue weighted by molar-refractivity contribution is 7.91. The van der Waals surface area contributed by atoms with E-state index in [-0.39, 0.29) is 5.92 Å². The van der Waals surface area contributed by atoms with Crippen molar-refractivity contribution < 1.29 is 8.42 Å². The lowest BCUT2D eigenvalue weighted by molar-refractivity contribution is 0.244.